The third-order valence-electron chi connectivity index (χ3n) is 4.62. The lowest BCUT2D eigenvalue weighted by Gasteiger charge is -2.31. The average molecular weight is 353 g/mol. The fourth-order valence-electron chi connectivity index (χ4n) is 3.07. The van der Waals surface area contributed by atoms with Crippen LogP contribution in [0.4, 0.5) is 4.79 Å². The van der Waals surface area contributed by atoms with Crippen LogP contribution >= 0.6 is 23.2 Å². The predicted octanol–water partition coefficient (Wildman–Crippen LogP) is 3.92. The summed E-state index contributed by atoms with van der Waals surface area (Å²) < 4.78 is 0. The summed E-state index contributed by atoms with van der Waals surface area (Å²) >= 11 is 12.1. The monoisotopic (exact) mass is 352 g/mol. The van der Waals surface area contributed by atoms with Gasteiger partial charge in [-0.25, -0.2) is 9.78 Å². The van der Waals surface area contributed by atoms with Gasteiger partial charge in [-0.15, -0.1) is 0 Å². The number of hydrogen-bond acceptors (Lipinski definition) is 2. The minimum Gasteiger partial charge on any atom is -0.342 e. The number of hydrogen-bond donors (Lipinski definition) is 2. The maximum absolute atomic E-state index is 12.1. The Labute approximate surface area is 144 Å². The van der Waals surface area contributed by atoms with Crippen LogP contribution in [0.1, 0.15) is 37.4 Å². The van der Waals surface area contributed by atoms with Crippen molar-refractivity contribution >= 4 is 40.3 Å². The summed E-state index contributed by atoms with van der Waals surface area (Å²) in [7, 11) is 0. The lowest BCUT2D eigenvalue weighted by atomic mass is 9.96. The highest BCUT2D eigenvalue weighted by atomic mass is 35.5. The number of amides is 2. The van der Waals surface area contributed by atoms with Crippen molar-refractivity contribution in [3.8, 4) is 0 Å². The largest absolute Gasteiger partial charge is 0.342 e. The number of aromatic nitrogens is 2. The van der Waals surface area contributed by atoms with Gasteiger partial charge in [0.15, 0.2) is 0 Å². The number of carbonyl (C=O) groups is 1. The molecule has 2 amide bonds. The number of urea groups is 1. The van der Waals surface area contributed by atoms with E-state index in [1.54, 1.807) is 6.07 Å². The van der Waals surface area contributed by atoms with Crippen molar-refractivity contribution in [1.29, 1.82) is 0 Å². The van der Waals surface area contributed by atoms with Gasteiger partial charge in [0.1, 0.15) is 5.82 Å². The summed E-state index contributed by atoms with van der Waals surface area (Å²) in [6.45, 7) is 1.53. The molecule has 4 rings (SSSR count). The Morgan fingerprint density at radius 3 is 2.57 bits per heavy atom. The second-order valence-electron chi connectivity index (χ2n) is 6.39. The van der Waals surface area contributed by atoms with Crippen molar-refractivity contribution in [2.45, 2.75) is 37.6 Å². The van der Waals surface area contributed by atoms with E-state index >= 15 is 0 Å². The predicted molar refractivity (Wildman–Crippen MR) is 91.2 cm³/mol. The highest BCUT2D eigenvalue weighted by Crippen LogP contribution is 2.31. The highest BCUT2D eigenvalue weighted by molar-refractivity contribution is 6.42. The first-order valence-corrected chi connectivity index (χ1v) is 8.76. The second-order valence-corrected chi connectivity index (χ2v) is 7.20. The van der Waals surface area contributed by atoms with E-state index in [0.717, 1.165) is 55.6 Å². The number of piperidine rings is 1. The van der Waals surface area contributed by atoms with Gasteiger partial charge in [0.2, 0.25) is 0 Å². The molecule has 1 saturated heterocycles. The molecule has 1 aliphatic heterocycles. The molecule has 1 aromatic heterocycles. The number of fused-ring (bicyclic) bond motifs is 1. The van der Waals surface area contributed by atoms with Gasteiger partial charge in [0, 0.05) is 25.0 Å². The smallest absolute Gasteiger partial charge is 0.317 e. The minimum absolute atomic E-state index is 0.0779. The summed E-state index contributed by atoms with van der Waals surface area (Å²) in [5.74, 6) is 1.30. The molecule has 2 aliphatic rings. The number of nitrogens with one attached hydrogen (secondary N) is 2. The molecule has 0 radical (unpaired) electrons. The van der Waals surface area contributed by atoms with Crippen molar-refractivity contribution in [2.75, 3.05) is 13.1 Å². The van der Waals surface area contributed by atoms with Crippen molar-refractivity contribution < 1.29 is 4.79 Å². The average Bonchev–Trinajstić information content (AvgIpc) is 3.26. The molecule has 2 aromatic rings. The number of nitrogens with zero attached hydrogens (tertiary/aromatic N) is 2. The summed E-state index contributed by atoms with van der Waals surface area (Å²) in [5, 5.41) is 4.09. The van der Waals surface area contributed by atoms with Crippen LogP contribution in [0.3, 0.4) is 0 Å². The van der Waals surface area contributed by atoms with Crippen LogP contribution in [0.2, 0.25) is 10.0 Å². The van der Waals surface area contributed by atoms with Crippen LogP contribution < -0.4 is 5.32 Å². The Morgan fingerprint density at radius 2 is 1.87 bits per heavy atom. The molecule has 0 unspecified atom stereocenters. The molecule has 1 saturated carbocycles. The summed E-state index contributed by atoms with van der Waals surface area (Å²) in [5.41, 5.74) is 1.74. The SMILES string of the molecule is O=C(NC1CC1)N1CCC(c2nc3cc(Cl)c(Cl)cc3[nH]2)CC1. The Bertz CT molecular complexity index is 709. The standard InChI is InChI=1S/C16H18Cl2N4O/c17-11-7-13-14(8-12(11)18)21-15(20-13)9-3-5-22(6-4-9)16(23)19-10-1-2-10/h7-10H,1-6H2,(H,19,23)(H,20,21). The zero-order valence-corrected chi connectivity index (χ0v) is 14.1. The van der Waals surface area contributed by atoms with E-state index in [-0.39, 0.29) is 6.03 Å². The fraction of sp³-hybridized carbons (Fsp3) is 0.500. The van der Waals surface area contributed by atoms with Gasteiger partial charge in [-0.2, -0.15) is 0 Å². The van der Waals surface area contributed by atoms with Crippen molar-refractivity contribution in [3.05, 3.63) is 28.0 Å². The first kappa shape index (κ1) is 15.1. The normalized spacial score (nSPS) is 19.3. The molecule has 0 atom stereocenters. The topological polar surface area (TPSA) is 61.0 Å². The van der Waals surface area contributed by atoms with E-state index in [1.165, 1.54) is 0 Å². The number of H-pyrrole nitrogens is 1. The van der Waals surface area contributed by atoms with Crippen molar-refractivity contribution in [1.82, 2.24) is 20.2 Å². The Kier molecular flexibility index (Phi) is 3.85. The van der Waals surface area contributed by atoms with E-state index in [2.05, 4.69) is 15.3 Å². The zero-order valence-electron chi connectivity index (χ0n) is 12.6. The first-order valence-electron chi connectivity index (χ1n) is 8.00. The quantitative estimate of drug-likeness (QED) is 0.860. The lowest BCUT2D eigenvalue weighted by molar-refractivity contribution is 0.180. The lowest BCUT2D eigenvalue weighted by Crippen LogP contribution is -2.44. The van der Waals surface area contributed by atoms with Crippen LogP contribution in [-0.2, 0) is 0 Å². The molecule has 122 valence electrons. The number of halogens is 2. The van der Waals surface area contributed by atoms with Crippen LogP contribution in [0.5, 0.6) is 0 Å². The third kappa shape index (κ3) is 3.12. The maximum Gasteiger partial charge on any atom is 0.317 e. The van der Waals surface area contributed by atoms with E-state index < -0.39 is 0 Å². The van der Waals surface area contributed by atoms with Gasteiger partial charge < -0.3 is 15.2 Å². The first-order chi connectivity index (χ1) is 11.1. The molecule has 1 aromatic carbocycles. The second kappa shape index (κ2) is 5.87. The van der Waals surface area contributed by atoms with Gasteiger partial charge in [0.25, 0.3) is 0 Å². The molecule has 23 heavy (non-hydrogen) atoms. The molecule has 0 spiro atoms. The molecule has 5 nitrogen and oxygen atoms in total. The van der Waals surface area contributed by atoms with Crippen molar-refractivity contribution in [3.63, 3.8) is 0 Å². The molecule has 2 fully saturated rings. The fourth-order valence-corrected chi connectivity index (χ4v) is 3.39. The molecule has 0 bridgehead atoms. The Balaban J connectivity index is 1.44. The summed E-state index contributed by atoms with van der Waals surface area (Å²) in [6, 6.07) is 4.09. The van der Waals surface area contributed by atoms with Gasteiger partial charge in [-0.3, -0.25) is 0 Å². The van der Waals surface area contributed by atoms with E-state index in [4.69, 9.17) is 23.2 Å². The zero-order chi connectivity index (χ0) is 16.0. The third-order valence-corrected chi connectivity index (χ3v) is 5.34. The van der Waals surface area contributed by atoms with Crippen LogP contribution in [0, 0.1) is 0 Å². The molecule has 2 N–H and O–H groups in total. The Morgan fingerprint density at radius 1 is 1.17 bits per heavy atom. The van der Waals surface area contributed by atoms with Crippen LogP contribution in [0.15, 0.2) is 12.1 Å². The molecular weight excluding hydrogens is 335 g/mol. The number of rotatable bonds is 2. The van der Waals surface area contributed by atoms with Gasteiger partial charge in [-0.05, 0) is 37.8 Å². The highest BCUT2D eigenvalue weighted by Gasteiger charge is 2.29. The summed E-state index contributed by atoms with van der Waals surface area (Å²) in [4.78, 5) is 22.0. The van der Waals surface area contributed by atoms with Gasteiger partial charge >= 0.3 is 6.03 Å². The van der Waals surface area contributed by atoms with Gasteiger partial charge in [0.05, 0.1) is 21.1 Å². The van der Waals surface area contributed by atoms with E-state index in [9.17, 15) is 4.79 Å². The number of aromatic amines is 1. The van der Waals surface area contributed by atoms with E-state index in [0.29, 0.717) is 22.0 Å². The van der Waals surface area contributed by atoms with Crippen LogP contribution in [-0.4, -0.2) is 40.0 Å². The molecular formula is C16H18Cl2N4O. The molecule has 2 heterocycles. The van der Waals surface area contributed by atoms with Crippen LogP contribution in [0.25, 0.3) is 11.0 Å². The van der Waals surface area contributed by atoms with Gasteiger partial charge in [-0.1, -0.05) is 23.2 Å². The number of likely N-dealkylation sites (tertiary alicyclic amines) is 1. The van der Waals surface area contributed by atoms with Crippen molar-refractivity contribution in [2.24, 2.45) is 0 Å². The number of imidazole rings is 1. The number of benzene rings is 1. The minimum atomic E-state index is 0.0779. The molecule has 1 aliphatic carbocycles. The molecule has 7 heteroatoms. The van der Waals surface area contributed by atoms with E-state index in [1.807, 2.05) is 11.0 Å². The number of carbonyl (C=O) groups excluding carboxylic acids is 1. The Hall–Kier alpha value is -1.46. The summed E-state index contributed by atoms with van der Waals surface area (Å²) in [6.07, 6.45) is 4.07. The maximum atomic E-state index is 12.1.